The molecule has 1 saturated carbocycles. The number of carbonyl (C=O) groups is 1. The second-order valence-electron chi connectivity index (χ2n) is 6.87. The van der Waals surface area contributed by atoms with Crippen LogP contribution in [0.25, 0.3) is 0 Å². The van der Waals surface area contributed by atoms with E-state index in [-0.39, 0.29) is 29.1 Å². The summed E-state index contributed by atoms with van der Waals surface area (Å²) in [6, 6.07) is 12.4. The molecule has 1 aliphatic rings. The fourth-order valence-electron chi connectivity index (χ4n) is 2.85. The second kappa shape index (κ2) is 6.60. The Labute approximate surface area is 156 Å². The summed E-state index contributed by atoms with van der Waals surface area (Å²) < 4.78 is 54.9. The van der Waals surface area contributed by atoms with E-state index >= 15 is 0 Å². The SMILES string of the molecule is Cc1ccc(NC(=O)C2(C(C)(F)F)CC2)cc1NS(=O)(=O)c1ccccc1. The Morgan fingerprint density at radius 1 is 1.11 bits per heavy atom. The Bertz CT molecular complexity index is 966. The zero-order chi connectivity index (χ0) is 19.9. The van der Waals surface area contributed by atoms with Crippen molar-refractivity contribution in [2.24, 2.45) is 5.41 Å². The first-order valence-electron chi connectivity index (χ1n) is 8.43. The molecular formula is C19H20F2N2O3S. The molecule has 27 heavy (non-hydrogen) atoms. The Morgan fingerprint density at radius 2 is 1.74 bits per heavy atom. The molecule has 0 atom stereocenters. The molecule has 1 fully saturated rings. The Morgan fingerprint density at radius 3 is 2.30 bits per heavy atom. The van der Waals surface area contributed by atoms with Crippen LogP contribution in [-0.4, -0.2) is 20.2 Å². The summed E-state index contributed by atoms with van der Waals surface area (Å²) in [4.78, 5) is 12.4. The van der Waals surface area contributed by atoms with E-state index in [0.717, 1.165) is 6.92 Å². The minimum atomic E-state index is -3.80. The van der Waals surface area contributed by atoms with Gasteiger partial charge in [-0.3, -0.25) is 9.52 Å². The van der Waals surface area contributed by atoms with Gasteiger partial charge in [0.15, 0.2) is 0 Å². The Balaban J connectivity index is 1.82. The fraction of sp³-hybridized carbons (Fsp3) is 0.316. The number of hydrogen-bond acceptors (Lipinski definition) is 3. The smallest absolute Gasteiger partial charge is 0.261 e. The molecule has 1 aliphatic carbocycles. The van der Waals surface area contributed by atoms with Gasteiger partial charge < -0.3 is 5.32 Å². The number of halogens is 2. The number of carbonyl (C=O) groups excluding carboxylic acids is 1. The van der Waals surface area contributed by atoms with E-state index in [1.807, 2.05) is 0 Å². The van der Waals surface area contributed by atoms with E-state index in [2.05, 4.69) is 10.0 Å². The molecular weight excluding hydrogens is 374 g/mol. The lowest BCUT2D eigenvalue weighted by atomic mass is 9.98. The van der Waals surface area contributed by atoms with Gasteiger partial charge in [-0.05, 0) is 49.6 Å². The Kier molecular flexibility index (Phi) is 4.71. The molecule has 0 aliphatic heterocycles. The predicted octanol–water partition coefficient (Wildman–Crippen LogP) is 4.17. The predicted molar refractivity (Wildman–Crippen MR) is 99.3 cm³/mol. The standard InChI is InChI=1S/C19H20F2N2O3S/c1-13-8-9-14(22-17(24)19(10-11-19)18(2,20)21)12-16(13)23-27(25,26)15-6-4-3-5-7-15/h3-9,12,23H,10-11H2,1-2H3,(H,22,24). The van der Waals surface area contributed by atoms with Crippen molar-refractivity contribution in [2.75, 3.05) is 10.0 Å². The van der Waals surface area contributed by atoms with E-state index in [1.54, 1.807) is 37.3 Å². The van der Waals surface area contributed by atoms with Crippen LogP contribution in [0, 0.1) is 12.3 Å². The topological polar surface area (TPSA) is 75.3 Å². The molecule has 3 rings (SSSR count). The number of aryl methyl sites for hydroxylation is 1. The molecule has 0 saturated heterocycles. The van der Waals surface area contributed by atoms with Gasteiger partial charge in [-0.25, -0.2) is 17.2 Å². The summed E-state index contributed by atoms with van der Waals surface area (Å²) in [6.07, 6.45) is 0.253. The van der Waals surface area contributed by atoms with Crippen LogP contribution in [0.3, 0.4) is 0 Å². The lowest BCUT2D eigenvalue weighted by Crippen LogP contribution is -2.37. The van der Waals surface area contributed by atoms with Gasteiger partial charge in [0.1, 0.15) is 5.41 Å². The monoisotopic (exact) mass is 394 g/mol. The first-order chi connectivity index (χ1) is 12.6. The third kappa shape index (κ3) is 3.80. The number of hydrogen-bond donors (Lipinski definition) is 2. The maximum Gasteiger partial charge on any atom is 0.261 e. The molecule has 2 aromatic rings. The fourth-order valence-corrected chi connectivity index (χ4v) is 4.00. The molecule has 0 radical (unpaired) electrons. The minimum Gasteiger partial charge on any atom is -0.325 e. The average molecular weight is 394 g/mol. The van der Waals surface area contributed by atoms with Crippen LogP contribution < -0.4 is 10.0 Å². The van der Waals surface area contributed by atoms with Gasteiger partial charge in [0.05, 0.1) is 10.6 Å². The molecule has 5 nitrogen and oxygen atoms in total. The van der Waals surface area contributed by atoms with Crippen molar-refractivity contribution in [3.05, 3.63) is 54.1 Å². The third-order valence-electron chi connectivity index (χ3n) is 4.82. The van der Waals surface area contributed by atoms with Crippen molar-refractivity contribution in [1.29, 1.82) is 0 Å². The molecule has 0 heterocycles. The largest absolute Gasteiger partial charge is 0.325 e. The first-order valence-corrected chi connectivity index (χ1v) is 9.91. The van der Waals surface area contributed by atoms with Gasteiger partial charge in [-0.2, -0.15) is 0 Å². The highest BCUT2D eigenvalue weighted by Gasteiger charge is 2.64. The van der Waals surface area contributed by atoms with Crippen molar-refractivity contribution >= 4 is 27.3 Å². The van der Waals surface area contributed by atoms with E-state index in [0.29, 0.717) is 5.56 Å². The molecule has 0 bridgehead atoms. The summed E-state index contributed by atoms with van der Waals surface area (Å²) in [7, 11) is -3.80. The number of anilines is 2. The number of nitrogens with one attached hydrogen (secondary N) is 2. The highest BCUT2D eigenvalue weighted by molar-refractivity contribution is 7.92. The van der Waals surface area contributed by atoms with Crippen molar-refractivity contribution in [2.45, 2.75) is 37.5 Å². The number of alkyl halides is 2. The third-order valence-corrected chi connectivity index (χ3v) is 6.20. The first kappa shape index (κ1) is 19.3. The van der Waals surface area contributed by atoms with Crippen LogP contribution in [-0.2, 0) is 14.8 Å². The second-order valence-corrected chi connectivity index (χ2v) is 8.56. The summed E-state index contributed by atoms with van der Waals surface area (Å²) in [6.45, 7) is 2.45. The molecule has 1 amide bonds. The van der Waals surface area contributed by atoms with Crippen molar-refractivity contribution in [3.8, 4) is 0 Å². The van der Waals surface area contributed by atoms with Crippen molar-refractivity contribution < 1.29 is 22.0 Å². The molecule has 8 heteroatoms. The Hall–Kier alpha value is -2.48. The molecule has 0 aromatic heterocycles. The van der Waals surface area contributed by atoms with Crippen LogP contribution >= 0.6 is 0 Å². The highest BCUT2D eigenvalue weighted by Crippen LogP contribution is 2.57. The highest BCUT2D eigenvalue weighted by atomic mass is 32.2. The van der Waals surface area contributed by atoms with E-state index in [9.17, 15) is 22.0 Å². The van der Waals surface area contributed by atoms with Gasteiger partial charge in [0, 0.05) is 12.6 Å². The number of rotatable bonds is 6. The summed E-state index contributed by atoms with van der Waals surface area (Å²) in [5.41, 5.74) is -0.521. The number of sulfonamides is 1. The lowest BCUT2D eigenvalue weighted by molar-refractivity contribution is -0.136. The lowest BCUT2D eigenvalue weighted by Gasteiger charge is -2.22. The van der Waals surface area contributed by atoms with Crippen LogP contribution in [0.4, 0.5) is 20.2 Å². The van der Waals surface area contributed by atoms with Crippen molar-refractivity contribution in [1.82, 2.24) is 0 Å². The molecule has 2 N–H and O–H groups in total. The minimum absolute atomic E-state index is 0.0985. The zero-order valence-electron chi connectivity index (χ0n) is 14.9. The normalized spacial score (nSPS) is 15.9. The van der Waals surface area contributed by atoms with Crippen molar-refractivity contribution in [3.63, 3.8) is 0 Å². The maximum atomic E-state index is 13.7. The van der Waals surface area contributed by atoms with Crippen LogP contribution in [0.15, 0.2) is 53.4 Å². The van der Waals surface area contributed by atoms with Gasteiger partial charge in [-0.15, -0.1) is 0 Å². The van der Waals surface area contributed by atoms with Gasteiger partial charge >= 0.3 is 0 Å². The molecule has 144 valence electrons. The summed E-state index contributed by atoms with van der Waals surface area (Å²) >= 11 is 0. The summed E-state index contributed by atoms with van der Waals surface area (Å²) in [5, 5.41) is 2.49. The average Bonchev–Trinajstić information content (AvgIpc) is 3.40. The molecule has 2 aromatic carbocycles. The maximum absolute atomic E-state index is 13.7. The quantitative estimate of drug-likeness (QED) is 0.772. The van der Waals surface area contributed by atoms with Crippen LogP contribution in [0.5, 0.6) is 0 Å². The summed E-state index contributed by atoms with van der Waals surface area (Å²) in [5.74, 6) is -3.87. The molecule has 0 unspecified atom stereocenters. The van der Waals surface area contributed by atoms with Gasteiger partial charge in [0.25, 0.3) is 15.9 Å². The number of benzene rings is 2. The van der Waals surface area contributed by atoms with E-state index < -0.39 is 27.3 Å². The van der Waals surface area contributed by atoms with Crippen LogP contribution in [0.1, 0.15) is 25.3 Å². The zero-order valence-corrected chi connectivity index (χ0v) is 15.7. The van der Waals surface area contributed by atoms with E-state index in [4.69, 9.17) is 0 Å². The van der Waals surface area contributed by atoms with Gasteiger partial charge in [-0.1, -0.05) is 24.3 Å². The van der Waals surface area contributed by atoms with Crippen LogP contribution in [0.2, 0.25) is 0 Å². The van der Waals surface area contributed by atoms with E-state index in [1.165, 1.54) is 18.2 Å². The van der Waals surface area contributed by atoms with Gasteiger partial charge in [0.2, 0.25) is 5.91 Å². The number of amides is 1. The molecule has 0 spiro atoms.